The van der Waals surface area contributed by atoms with E-state index in [0.717, 1.165) is 18.7 Å². The second-order valence-corrected chi connectivity index (χ2v) is 5.63. The van der Waals surface area contributed by atoms with Gasteiger partial charge in [0.1, 0.15) is 18.5 Å². The average Bonchev–Trinajstić information content (AvgIpc) is 2.58. The van der Waals surface area contributed by atoms with Crippen LogP contribution in [0, 0.1) is 0 Å². The molecule has 0 amide bonds. The number of fused-ring (bicyclic) bond motifs is 1. The highest BCUT2D eigenvalue weighted by Crippen LogP contribution is 2.38. The molecule has 6 heteroatoms. The predicted octanol–water partition coefficient (Wildman–Crippen LogP) is 2.17. The molecule has 2 aromatic rings. The van der Waals surface area contributed by atoms with Crippen molar-refractivity contribution in [3.8, 4) is 23.0 Å². The van der Waals surface area contributed by atoms with Crippen LogP contribution in [-0.2, 0) is 0 Å². The number of phenolic OH excluding ortho intramolecular Hbond substituents is 1. The van der Waals surface area contributed by atoms with Crippen molar-refractivity contribution < 1.29 is 19.3 Å². The molecule has 1 atom stereocenters. The summed E-state index contributed by atoms with van der Waals surface area (Å²) in [6, 6.07) is 12.5. The summed E-state index contributed by atoms with van der Waals surface area (Å²) in [5.74, 6) is 1.90. The Balaban J connectivity index is 1.33. The number of nitrogens with two attached hydrogens (primary N) is 1. The van der Waals surface area contributed by atoms with Crippen LogP contribution in [0.25, 0.3) is 0 Å². The molecule has 1 heterocycles. The average molecular weight is 330 g/mol. The second kappa shape index (κ2) is 7.79. The van der Waals surface area contributed by atoms with Gasteiger partial charge in [-0.05, 0) is 37.2 Å². The summed E-state index contributed by atoms with van der Waals surface area (Å²) in [7, 11) is 0. The van der Waals surface area contributed by atoms with Crippen molar-refractivity contribution in [1.82, 2.24) is 5.32 Å². The van der Waals surface area contributed by atoms with Gasteiger partial charge in [-0.25, -0.2) is 0 Å². The van der Waals surface area contributed by atoms with E-state index in [9.17, 15) is 5.11 Å². The van der Waals surface area contributed by atoms with Crippen LogP contribution < -0.4 is 25.3 Å². The molecule has 24 heavy (non-hydrogen) atoms. The summed E-state index contributed by atoms with van der Waals surface area (Å²) in [5.41, 5.74) is 6.40. The minimum Gasteiger partial charge on any atom is -0.504 e. The van der Waals surface area contributed by atoms with E-state index in [1.165, 1.54) is 0 Å². The monoisotopic (exact) mass is 330 g/mol. The van der Waals surface area contributed by atoms with Crippen molar-refractivity contribution in [3.05, 3.63) is 42.5 Å². The van der Waals surface area contributed by atoms with Gasteiger partial charge < -0.3 is 30.4 Å². The second-order valence-electron chi connectivity index (χ2n) is 5.63. The predicted molar refractivity (Wildman–Crippen MR) is 91.9 cm³/mol. The minimum absolute atomic E-state index is 0.0749. The smallest absolute Gasteiger partial charge is 0.203 e. The molecule has 4 N–H and O–H groups in total. The van der Waals surface area contributed by atoms with E-state index in [0.29, 0.717) is 36.9 Å². The Labute approximate surface area is 141 Å². The Kier molecular flexibility index (Phi) is 5.28. The molecule has 128 valence electrons. The van der Waals surface area contributed by atoms with Crippen molar-refractivity contribution in [2.75, 3.05) is 32.0 Å². The fourth-order valence-corrected chi connectivity index (χ4v) is 2.49. The minimum atomic E-state index is -0.0749. The SMILES string of the molecule is Nc1cccc(OCCCNCC2COc3c(O)cccc3O2)c1. The molecule has 0 aliphatic carbocycles. The molecule has 0 bridgehead atoms. The van der Waals surface area contributed by atoms with E-state index in [1.54, 1.807) is 18.2 Å². The number of phenols is 1. The lowest BCUT2D eigenvalue weighted by Gasteiger charge is -2.27. The molecular formula is C18H22N2O4. The summed E-state index contributed by atoms with van der Waals surface area (Å²) >= 11 is 0. The van der Waals surface area contributed by atoms with E-state index in [1.807, 2.05) is 24.3 Å². The summed E-state index contributed by atoms with van der Waals surface area (Å²) in [4.78, 5) is 0. The van der Waals surface area contributed by atoms with Gasteiger partial charge in [0, 0.05) is 18.3 Å². The molecule has 1 aliphatic heterocycles. The van der Waals surface area contributed by atoms with Crippen LogP contribution in [0.5, 0.6) is 23.0 Å². The van der Waals surface area contributed by atoms with Gasteiger partial charge in [-0.1, -0.05) is 12.1 Å². The zero-order valence-corrected chi connectivity index (χ0v) is 13.4. The van der Waals surface area contributed by atoms with Gasteiger partial charge >= 0.3 is 0 Å². The molecule has 0 radical (unpaired) electrons. The maximum absolute atomic E-state index is 9.68. The van der Waals surface area contributed by atoms with Gasteiger partial charge in [-0.3, -0.25) is 0 Å². The maximum Gasteiger partial charge on any atom is 0.203 e. The zero-order chi connectivity index (χ0) is 16.8. The van der Waals surface area contributed by atoms with Crippen LogP contribution >= 0.6 is 0 Å². The van der Waals surface area contributed by atoms with Gasteiger partial charge in [0.2, 0.25) is 5.75 Å². The molecule has 0 aromatic heterocycles. The van der Waals surface area contributed by atoms with E-state index >= 15 is 0 Å². The van der Waals surface area contributed by atoms with Crippen LogP contribution in [0.1, 0.15) is 6.42 Å². The van der Waals surface area contributed by atoms with Crippen molar-refractivity contribution in [1.29, 1.82) is 0 Å². The number of hydrogen-bond donors (Lipinski definition) is 3. The number of nitrogen functional groups attached to an aromatic ring is 1. The van der Waals surface area contributed by atoms with Crippen molar-refractivity contribution in [3.63, 3.8) is 0 Å². The Morgan fingerprint density at radius 3 is 3.00 bits per heavy atom. The van der Waals surface area contributed by atoms with E-state index in [4.69, 9.17) is 19.9 Å². The fourth-order valence-electron chi connectivity index (χ4n) is 2.49. The lowest BCUT2D eigenvalue weighted by atomic mass is 10.2. The third-order valence-corrected chi connectivity index (χ3v) is 3.66. The van der Waals surface area contributed by atoms with Gasteiger partial charge in [0.25, 0.3) is 0 Å². The Bertz CT molecular complexity index is 678. The quantitative estimate of drug-likeness (QED) is 0.533. The molecule has 0 saturated carbocycles. The number of hydrogen-bond acceptors (Lipinski definition) is 6. The van der Waals surface area contributed by atoms with Crippen molar-refractivity contribution in [2.24, 2.45) is 0 Å². The number of rotatable bonds is 7. The third-order valence-electron chi connectivity index (χ3n) is 3.66. The normalized spacial score (nSPS) is 15.9. The van der Waals surface area contributed by atoms with Crippen LogP contribution in [0.15, 0.2) is 42.5 Å². The lowest BCUT2D eigenvalue weighted by Crippen LogP contribution is -2.39. The van der Waals surface area contributed by atoms with E-state index in [2.05, 4.69) is 5.32 Å². The van der Waals surface area contributed by atoms with Crippen LogP contribution in [-0.4, -0.2) is 37.5 Å². The molecule has 3 rings (SSSR count). The zero-order valence-electron chi connectivity index (χ0n) is 13.4. The molecule has 0 spiro atoms. The molecular weight excluding hydrogens is 308 g/mol. The summed E-state index contributed by atoms with van der Waals surface area (Å²) in [5, 5.41) is 13.0. The topological polar surface area (TPSA) is 86.0 Å². The van der Waals surface area contributed by atoms with E-state index < -0.39 is 0 Å². The summed E-state index contributed by atoms with van der Waals surface area (Å²) < 4.78 is 17.0. The highest BCUT2D eigenvalue weighted by atomic mass is 16.6. The van der Waals surface area contributed by atoms with E-state index in [-0.39, 0.29) is 11.9 Å². The van der Waals surface area contributed by atoms with Gasteiger partial charge in [-0.2, -0.15) is 0 Å². The van der Waals surface area contributed by atoms with Gasteiger partial charge in [-0.15, -0.1) is 0 Å². The third kappa shape index (κ3) is 4.23. The Hall–Kier alpha value is -2.60. The number of nitrogens with one attached hydrogen (secondary N) is 1. The first-order chi connectivity index (χ1) is 11.7. The summed E-state index contributed by atoms with van der Waals surface area (Å²) in [6.45, 7) is 2.52. The van der Waals surface area contributed by atoms with Gasteiger partial charge in [0.15, 0.2) is 11.5 Å². The Morgan fingerprint density at radius 1 is 1.25 bits per heavy atom. The molecule has 0 saturated heterocycles. The number of benzene rings is 2. The number of aromatic hydroxyl groups is 1. The highest BCUT2D eigenvalue weighted by Gasteiger charge is 2.22. The summed E-state index contributed by atoms with van der Waals surface area (Å²) in [6.07, 6.45) is 0.800. The van der Waals surface area contributed by atoms with Crippen LogP contribution in [0.2, 0.25) is 0 Å². The van der Waals surface area contributed by atoms with Crippen LogP contribution in [0.4, 0.5) is 5.69 Å². The number of anilines is 1. The lowest BCUT2D eigenvalue weighted by molar-refractivity contribution is 0.0873. The number of para-hydroxylation sites is 1. The first kappa shape index (κ1) is 16.3. The molecule has 6 nitrogen and oxygen atoms in total. The molecule has 0 fully saturated rings. The molecule has 2 aromatic carbocycles. The maximum atomic E-state index is 9.68. The largest absolute Gasteiger partial charge is 0.504 e. The standard InChI is InChI=1S/C18H22N2O4/c19-13-4-1-5-14(10-13)22-9-3-8-20-11-15-12-23-18-16(21)6-2-7-17(18)24-15/h1-2,4-7,10,15,20-21H,3,8-9,11-12,19H2. The van der Waals surface area contributed by atoms with Crippen molar-refractivity contribution in [2.45, 2.75) is 12.5 Å². The first-order valence-electron chi connectivity index (χ1n) is 8.03. The van der Waals surface area contributed by atoms with Crippen LogP contribution in [0.3, 0.4) is 0 Å². The first-order valence-corrected chi connectivity index (χ1v) is 8.03. The number of ether oxygens (including phenoxy) is 3. The molecule has 1 unspecified atom stereocenters. The molecule has 1 aliphatic rings. The fraction of sp³-hybridized carbons (Fsp3) is 0.333. The van der Waals surface area contributed by atoms with Gasteiger partial charge in [0.05, 0.1) is 6.61 Å². The highest BCUT2D eigenvalue weighted by molar-refractivity contribution is 5.51. The Morgan fingerprint density at radius 2 is 2.12 bits per heavy atom. The van der Waals surface area contributed by atoms with Crippen molar-refractivity contribution >= 4 is 5.69 Å².